The summed E-state index contributed by atoms with van der Waals surface area (Å²) < 4.78 is 27.9. The lowest BCUT2D eigenvalue weighted by Gasteiger charge is -2.28. The van der Waals surface area contributed by atoms with Gasteiger partial charge >= 0.3 is 0 Å². The molecule has 7 heteroatoms. The van der Waals surface area contributed by atoms with Gasteiger partial charge in [0, 0.05) is 52.7 Å². The van der Waals surface area contributed by atoms with E-state index in [1.165, 1.54) is 0 Å². The topological polar surface area (TPSA) is 56.8 Å². The third kappa shape index (κ3) is 4.42. The van der Waals surface area contributed by atoms with Gasteiger partial charge in [-0.3, -0.25) is 0 Å². The Kier molecular flexibility index (Phi) is 6.01. The number of hydrogen-bond acceptors (Lipinski definition) is 5. The number of nitrogens with zero attached hydrogens (tertiary/aromatic N) is 4. The Labute approximate surface area is 162 Å². The molecule has 0 atom stereocenters. The average Bonchev–Trinajstić information content (AvgIpc) is 2.69. The molecule has 2 heterocycles. The smallest absolute Gasteiger partial charge is 0.246 e. The van der Waals surface area contributed by atoms with Crippen LogP contribution in [0.25, 0.3) is 0 Å². The van der Waals surface area contributed by atoms with Crippen molar-refractivity contribution in [2.24, 2.45) is 0 Å². The zero-order valence-electron chi connectivity index (χ0n) is 16.3. The number of rotatable bonds is 6. The van der Waals surface area contributed by atoms with Gasteiger partial charge in [0.2, 0.25) is 10.0 Å². The van der Waals surface area contributed by atoms with E-state index in [4.69, 9.17) is 0 Å². The van der Waals surface area contributed by atoms with E-state index in [0.717, 1.165) is 30.5 Å². The molecular formula is C20H28N4O2S. The van der Waals surface area contributed by atoms with E-state index in [0.29, 0.717) is 25.5 Å². The molecule has 2 aromatic rings. The van der Waals surface area contributed by atoms with Gasteiger partial charge in [-0.2, -0.15) is 4.31 Å². The van der Waals surface area contributed by atoms with Gasteiger partial charge in [0.1, 0.15) is 10.7 Å². The number of benzene rings is 1. The summed E-state index contributed by atoms with van der Waals surface area (Å²) in [5.74, 6) is 0.498. The van der Waals surface area contributed by atoms with Crippen LogP contribution in [-0.2, 0) is 16.6 Å². The number of sulfonamides is 1. The molecule has 146 valence electrons. The van der Waals surface area contributed by atoms with Crippen LogP contribution in [0.5, 0.6) is 0 Å². The minimum Gasteiger partial charge on any atom is -0.378 e. The lowest BCUT2D eigenvalue weighted by Crippen LogP contribution is -2.36. The molecule has 1 fully saturated rings. The summed E-state index contributed by atoms with van der Waals surface area (Å²) in [6, 6.07) is 11.6. The summed E-state index contributed by atoms with van der Waals surface area (Å²) in [6.07, 6.45) is 4.58. The largest absolute Gasteiger partial charge is 0.378 e. The van der Waals surface area contributed by atoms with Crippen molar-refractivity contribution in [3.05, 3.63) is 48.2 Å². The maximum absolute atomic E-state index is 13.2. The number of aromatic nitrogens is 1. The highest BCUT2D eigenvalue weighted by Gasteiger charge is 2.29. The van der Waals surface area contributed by atoms with Crippen LogP contribution in [0.1, 0.15) is 24.8 Å². The maximum Gasteiger partial charge on any atom is 0.246 e. The fourth-order valence-electron chi connectivity index (χ4n) is 3.40. The molecule has 0 bridgehead atoms. The molecule has 1 aliphatic rings. The van der Waals surface area contributed by atoms with Crippen LogP contribution in [0.4, 0.5) is 11.5 Å². The third-order valence-corrected chi connectivity index (χ3v) is 6.81. The van der Waals surface area contributed by atoms with E-state index in [9.17, 15) is 8.42 Å². The molecule has 0 unspecified atom stereocenters. The Morgan fingerprint density at radius 2 is 1.78 bits per heavy atom. The molecule has 1 saturated heterocycles. The molecule has 6 nitrogen and oxygen atoms in total. The van der Waals surface area contributed by atoms with Crippen molar-refractivity contribution in [3.8, 4) is 0 Å². The monoisotopic (exact) mass is 388 g/mol. The van der Waals surface area contributed by atoms with E-state index >= 15 is 0 Å². The molecular weight excluding hydrogens is 360 g/mol. The third-order valence-electron chi connectivity index (χ3n) is 4.89. The Hall–Kier alpha value is -2.12. The molecule has 27 heavy (non-hydrogen) atoms. The van der Waals surface area contributed by atoms with E-state index < -0.39 is 10.0 Å². The second-order valence-corrected chi connectivity index (χ2v) is 9.12. The highest BCUT2D eigenvalue weighted by molar-refractivity contribution is 7.89. The molecule has 3 rings (SSSR count). The van der Waals surface area contributed by atoms with Gasteiger partial charge in [0.25, 0.3) is 0 Å². The van der Waals surface area contributed by atoms with Crippen LogP contribution in [0, 0.1) is 0 Å². The molecule has 0 spiro atoms. The van der Waals surface area contributed by atoms with Gasteiger partial charge in [-0.05, 0) is 42.7 Å². The second-order valence-electron chi connectivity index (χ2n) is 7.21. The van der Waals surface area contributed by atoms with Crippen molar-refractivity contribution in [3.63, 3.8) is 0 Å². The Bertz CT molecular complexity index is 877. The minimum absolute atomic E-state index is 0.290. The summed E-state index contributed by atoms with van der Waals surface area (Å²) >= 11 is 0. The normalized spacial score (nSPS) is 15.5. The molecule has 0 aliphatic carbocycles. The fourth-order valence-corrected chi connectivity index (χ4v) is 5.10. The maximum atomic E-state index is 13.2. The van der Waals surface area contributed by atoms with Gasteiger partial charge in [0.15, 0.2) is 0 Å². The van der Waals surface area contributed by atoms with Crippen LogP contribution in [0.15, 0.2) is 47.5 Å². The van der Waals surface area contributed by atoms with Crippen LogP contribution in [-0.4, -0.2) is 51.9 Å². The number of hydrogen-bond donors (Lipinski definition) is 0. The molecule has 0 N–H and O–H groups in total. The van der Waals surface area contributed by atoms with Gasteiger partial charge in [0.05, 0.1) is 0 Å². The zero-order valence-corrected chi connectivity index (χ0v) is 17.1. The molecule has 0 radical (unpaired) electrons. The summed E-state index contributed by atoms with van der Waals surface area (Å²) in [6.45, 7) is 1.76. The van der Waals surface area contributed by atoms with Gasteiger partial charge < -0.3 is 9.80 Å². The van der Waals surface area contributed by atoms with Crippen LogP contribution >= 0.6 is 0 Å². The standard InChI is InChI=1S/C20H28N4O2S/c1-22(2)18-10-7-9-17(15-18)16-23(3)20-19(11-8-12-21-20)27(25,26)24-13-5-4-6-14-24/h7-12,15H,4-6,13-14,16H2,1-3H3. The van der Waals surface area contributed by atoms with Crippen LogP contribution in [0.2, 0.25) is 0 Å². The number of anilines is 2. The van der Waals surface area contributed by atoms with E-state index in [1.807, 2.05) is 38.2 Å². The SMILES string of the molecule is CN(C)c1cccc(CN(C)c2ncccc2S(=O)(=O)N2CCCCC2)c1. The van der Waals surface area contributed by atoms with Crippen molar-refractivity contribution in [1.82, 2.24) is 9.29 Å². The van der Waals surface area contributed by atoms with E-state index in [-0.39, 0.29) is 4.90 Å². The number of pyridine rings is 1. The lowest BCUT2D eigenvalue weighted by atomic mass is 10.2. The number of piperidine rings is 1. The molecule has 1 aromatic carbocycles. The highest BCUT2D eigenvalue weighted by Crippen LogP contribution is 2.28. The van der Waals surface area contributed by atoms with Gasteiger partial charge in [-0.25, -0.2) is 13.4 Å². The quantitative estimate of drug-likeness (QED) is 0.761. The fraction of sp³-hybridized carbons (Fsp3) is 0.450. The summed E-state index contributed by atoms with van der Waals surface area (Å²) in [5, 5.41) is 0. The first-order valence-corrected chi connectivity index (χ1v) is 10.8. The Morgan fingerprint density at radius 3 is 2.48 bits per heavy atom. The van der Waals surface area contributed by atoms with Crippen molar-refractivity contribution >= 4 is 21.5 Å². The summed E-state index contributed by atoms with van der Waals surface area (Å²) in [4.78, 5) is 8.65. The van der Waals surface area contributed by atoms with Crippen molar-refractivity contribution in [1.29, 1.82) is 0 Å². The minimum atomic E-state index is -3.53. The Morgan fingerprint density at radius 1 is 1.04 bits per heavy atom. The van der Waals surface area contributed by atoms with Crippen LogP contribution < -0.4 is 9.80 Å². The van der Waals surface area contributed by atoms with Crippen molar-refractivity contribution < 1.29 is 8.42 Å². The van der Waals surface area contributed by atoms with Gasteiger partial charge in [-0.15, -0.1) is 0 Å². The molecule has 0 amide bonds. The molecule has 1 aromatic heterocycles. The molecule has 0 saturated carbocycles. The Balaban J connectivity index is 1.88. The second kappa shape index (κ2) is 8.27. The van der Waals surface area contributed by atoms with E-state index in [2.05, 4.69) is 22.0 Å². The average molecular weight is 389 g/mol. The predicted molar refractivity (Wildman–Crippen MR) is 110 cm³/mol. The summed E-state index contributed by atoms with van der Waals surface area (Å²) in [5.41, 5.74) is 2.22. The highest BCUT2D eigenvalue weighted by atomic mass is 32.2. The van der Waals surface area contributed by atoms with Gasteiger partial charge in [-0.1, -0.05) is 18.6 Å². The van der Waals surface area contributed by atoms with E-state index in [1.54, 1.807) is 22.6 Å². The lowest BCUT2D eigenvalue weighted by molar-refractivity contribution is 0.346. The van der Waals surface area contributed by atoms with Crippen molar-refractivity contribution in [2.45, 2.75) is 30.7 Å². The van der Waals surface area contributed by atoms with Crippen molar-refractivity contribution in [2.75, 3.05) is 44.0 Å². The molecule has 1 aliphatic heterocycles. The van der Waals surface area contributed by atoms with Crippen LogP contribution in [0.3, 0.4) is 0 Å². The first-order chi connectivity index (χ1) is 12.9. The first kappa shape index (κ1) is 19.6. The zero-order chi connectivity index (χ0) is 19.4. The first-order valence-electron chi connectivity index (χ1n) is 9.32. The predicted octanol–water partition coefficient (Wildman–Crippen LogP) is 2.96. The summed E-state index contributed by atoms with van der Waals surface area (Å²) in [7, 11) is 2.37.